The van der Waals surface area contributed by atoms with Crippen LogP contribution < -0.4 is 0 Å². The molecular weight excluding hydrogens is 176 g/mol. The third kappa shape index (κ3) is 7.35. The van der Waals surface area contributed by atoms with E-state index in [0.717, 1.165) is 0 Å². The molecule has 0 atom stereocenters. The molecule has 0 saturated carbocycles. The standard InChI is InChI=1S/C8H10.C4H8O2/c1-7-4-3-5-8(2)6-7;1-3-6-4(2)5/h3-6H,1-2H3;3H2,1-2H3. The Labute approximate surface area is 85.9 Å². The zero-order chi connectivity index (χ0) is 11.0. The average Bonchev–Trinajstić information content (AvgIpc) is 2.03. The van der Waals surface area contributed by atoms with Crippen LogP contribution in [0.5, 0.6) is 0 Å². The van der Waals surface area contributed by atoms with Gasteiger partial charge < -0.3 is 4.74 Å². The molecule has 0 N–H and O–H groups in total. The second-order valence-electron chi connectivity index (χ2n) is 3.08. The van der Waals surface area contributed by atoms with E-state index in [1.807, 2.05) is 0 Å². The number of ether oxygens (including phenoxy) is 1. The Morgan fingerprint density at radius 3 is 1.93 bits per heavy atom. The average molecular weight is 194 g/mol. The SMILES string of the molecule is CCOC(C)=O.Cc1cccc(C)c1. The molecule has 1 aromatic carbocycles. The van der Waals surface area contributed by atoms with Crippen LogP contribution in [0.2, 0.25) is 0 Å². The van der Waals surface area contributed by atoms with Crippen LogP contribution in [0.1, 0.15) is 25.0 Å². The summed E-state index contributed by atoms with van der Waals surface area (Å²) < 4.78 is 4.40. The van der Waals surface area contributed by atoms with Gasteiger partial charge in [0.2, 0.25) is 0 Å². The predicted molar refractivity (Wildman–Crippen MR) is 58.2 cm³/mol. The molecule has 14 heavy (non-hydrogen) atoms. The zero-order valence-corrected chi connectivity index (χ0v) is 9.33. The van der Waals surface area contributed by atoms with Crippen LogP contribution in [-0.4, -0.2) is 12.6 Å². The minimum absolute atomic E-state index is 0.211. The third-order valence-corrected chi connectivity index (χ3v) is 1.52. The highest BCUT2D eigenvalue weighted by Gasteiger charge is 1.81. The lowest BCUT2D eigenvalue weighted by Gasteiger charge is -1.90. The van der Waals surface area contributed by atoms with E-state index in [2.05, 4.69) is 42.8 Å². The summed E-state index contributed by atoms with van der Waals surface area (Å²) in [7, 11) is 0. The molecule has 0 bridgehead atoms. The maximum absolute atomic E-state index is 9.82. The fourth-order valence-electron chi connectivity index (χ4n) is 1.01. The molecule has 1 rings (SSSR count). The van der Waals surface area contributed by atoms with Gasteiger partial charge in [-0.1, -0.05) is 35.4 Å². The number of esters is 1. The first-order chi connectivity index (χ1) is 6.56. The van der Waals surface area contributed by atoms with E-state index in [0.29, 0.717) is 6.61 Å². The zero-order valence-electron chi connectivity index (χ0n) is 9.33. The Bertz CT molecular complexity index is 262. The first-order valence-electron chi connectivity index (χ1n) is 4.73. The lowest BCUT2D eigenvalue weighted by Crippen LogP contribution is -1.95. The molecule has 0 radical (unpaired) electrons. The number of rotatable bonds is 1. The molecule has 0 aliphatic rings. The topological polar surface area (TPSA) is 26.3 Å². The molecule has 0 aromatic heterocycles. The van der Waals surface area contributed by atoms with Crippen molar-refractivity contribution in [2.24, 2.45) is 0 Å². The Hall–Kier alpha value is -1.31. The molecule has 1 aromatic rings. The van der Waals surface area contributed by atoms with Crippen LogP contribution in [0, 0.1) is 13.8 Å². The van der Waals surface area contributed by atoms with Crippen molar-refractivity contribution in [1.29, 1.82) is 0 Å². The van der Waals surface area contributed by atoms with Gasteiger partial charge in [0.15, 0.2) is 0 Å². The first kappa shape index (κ1) is 12.7. The van der Waals surface area contributed by atoms with Crippen LogP contribution >= 0.6 is 0 Å². The highest BCUT2D eigenvalue weighted by Crippen LogP contribution is 2.00. The van der Waals surface area contributed by atoms with Crippen molar-refractivity contribution in [2.75, 3.05) is 6.61 Å². The van der Waals surface area contributed by atoms with Gasteiger partial charge in [0.1, 0.15) is 0 Å². The summed E-state index contributed by atoms with van der Waals surface area (Å²) in [6.07, 6.45) is 0. The Balaban J connectivity index is 0.000000255. The van der Waals surface area contributed by atoms with Crippen molar-refractivity contribution < 1.29 is 9.53 Å². The van der Waals surface area contributed by atoms with Crippen molar-refractivity contribution >= 4 is 5.97 Å². The summed E-state index contributed by atoms with van der Waals surface area (Å²) in [6.45, 7) is 7.86. The van der Waals surface area contributed by atoms with Gasteiger partial charge in [0.05, 0.1) is 6.61 Å². The number of hydrogen-bond acceptors (Lipinski definition) is 2. The van der Waals surface area contributed by atoms with Crippen LogP contribution in [0.15, 0.2) is 24.3 Å². The molecule has 2 heteroatoms. The minimum Gasteiger partial charge on any atom is -0.466 e. The first-order valence-corrected chi connectivity index (χ1v) is 4.73. The molecule has 0 amide bonds. The molecule has 0 aliphatic carbocycles. The van der Waals surface area contributed by atoms with Crippen LogP contribution in [0.4, 0.5) is 0 Å². The molecule has 0 saturated heterocycles. The van der Waals surface area contributed by atoms with Crippen molar-refractivity contribution in [1.82, 2.24) is 0 Å². The van der Waals surface area contributed by atoms with E-state index in [4.69, 9.17) is 0 Å². The van der Waals surface area contributed by atoms with Gasteiger partial charge >= 0.3 is 5.97 Å². The fourth-order valence-corrected chi connectivity index (χ4v) is 1.01. The summed E-state index contributed by atoms with van der Waals surface area (Å²) >= 11 is 0. The van der Waals surface area contributed by atoms with Crippen LogP contribution in [-0.2, 0) is 9.53 Å². The van der Waals surface area contributed by atoms with Gasteiger partial charge in [0.25, 0.3) is 0 Å². The molecule has 78 valence electrons. The summed E-state index contributed by atoms with van der Waals surface area (Å²) in [6, 6.07) is 8.45. The lowest BCUT2D eigenvalue weighted by molar-refractivity contribution is -0.140. The summed E-state index contributed by atoms with van der Waals surface area (Å²) in [5, 5.41) is 0. The molecule has 0 unspecified atom stereocenters. The van der Waals surface area contributed by atoms with Crippen LogP contribution in [0.3, 0.4) is 0 Å². The smallest absolute Gasteiger partial charge is 0.302 e. The number of carbonyl (C=O) groups is 1. The van der Waals surface area contributed by atoms with Gasteiger partial charge in [-0.15, -0.1) is 0 Å². The second kappa shape index (κ2) is 7.13. The van der Waals surface area contributed by atoms with Gasteiger partial charge in [0, 0.05) is 6.92 Å². The van der Waals surface area contributed by atoms with E-state index < -0.39 is 0 Å². The van der Waals surface area contributed by atoms with E-state index in [-0.39, 0.29) is 5.97 Å². The van der Waals surface area contributed by atoms with E-state index in [9.17, 15) is 4.79 Å². The van der Waals surface area contributed by atoms with E-state index in [1.165, 1.54) is 18.1 Å². The van der Waals surface area contributed by atoms with E-state index in [1.54, 1.807) is 6.92 Å². The molecule has 2 nitrogen and oxygen atoms in total. The van der Waals surface area contributed by atoms with Gasteiger partial charge in [-0.3, -0.25) is 4.79 Å². The Morgan fingerprint density at radius 2 is 1.79 bits per heavy atom. The van der Waals surface area contributed by atoms with Gasteiger partial charge in [-0.05, 0) is 20.8 Å². The highest BCUT2D eigenvalue weighted by molar-refractivity contribution is 5.65. The lowest BCUT2D eigenvalue weighted by atomic mass is 10.2. The largest absolute Gasteiger partial charge is 0.466 e. The second-order valence-corrected chi connectivity index (χ2v) is 3.08. The van der Waals surface area contributed by atoms with Crippen molar-refractivity contribution in [3.8, 4) is 0 Å². The third-order valence-electron chi connectivity index (χ3n) is 1.52. The minimum atomic E-state index is -0.211. The number of carbonyl (C=O) groups excluding carboxylic acids is 1. The molecular formula is C12H18O2. The summed E-state index contributed by atoms with van der Waals surface area (Å²) in [5.74, 6) is -0.211. The van der Waals surface area contributed by atoms with Crippen molar-refractivity contribution in [3.05, 3.63) is 35.4 Å². The van der Waals surface area contributed by atoms with Crippen molar-refractivity contribution in [3.63, 3.8) is 0 Å². The van der Waals surface area contributed by atoms with Gasteiger partial charge in [-0.25, -0.2) is 0 Å². The quantitative estimate of drug-likeness (QED) is 0.642. The summed E-state index contributed by atoms with van der Waals surface area (Å²) in [4.78, 5) is 9.82. The highest BCUT2D eigenvalue weighted by atomic mass is 16.5. The monoisotopic (exact) mass is 194 g/mol. The molecule has 0 fully saturated rings. The van der Waals surface area contributed by atoms with Crippen LogP contribution in [0.25, 0.3) is 0 Å². The Morgan fingerprint density at radius 1 is 1.29 bits per heavy atom. The molecule has 0 heterocycles. The number of benzene rings is 1. The molecule has 0 aliphatic heterocycles. The van der Waals surface area contributed by atoms with Gasteiger partial charge in [-0.2, -0.15) is 0 Å². The number of hydrogen-bond donors (Lipinski definition) is 0. The number of aryl methyl sites for hydroxylation is 2. The maximum atomic E-state index is 9.82. The Kier molecular flexibility index (Phi) is 6.46. The van der Waals surface area contributed by atoms with E-state index >= 15 is 0 Å². The predicted octanol–water partition coefficient (Wildman–Crippen LogP) is 2.87. The van der Waals surface area contributed by atoms with Crippen molar-refractivity contribution in [2.45, 2.75) is 27.7 Å². The molecule has 0 spiro atoms. The maximum Gasteiger partial charge on any atom is 0.302 e. The normalized spacial score (nSPS) is 8.57. The summed E-state index contributed by atoms with van der Waals surface area (Å²) in [5.41, 5.74) is 2.68. The fraction of sp³-hybridized carbons (Fsp3) is 0.417.